The van der Waals surface area contributed by atoms with Crippen LogP contribution in [0.25, 0.3) is 0 Å². The van der Waals surface area contributed by atoms with Gasteiger partial charge in [-0.1, -0.05) is 30.3 Å². The minimum Gasteiger partial charge on any atom is -0.395 e. The first-order chi connectivity index (χ1) is 15.0. The molecule has 5 rings (SSSR count). The molecular weight excluding hydrogens is 412 g/mol. The number of aryl methyl sites for hydroxylation is 1. The van der Waals surface area contributed by atoms with Gasteiger partial charge in [0.2, 0.25) is 0 Å². The molecule has 0 aromatic heterocycles. The number of para-hydroxylation sites is 1. The molecule has 0 saturated carbocycles. The van der Waals surface area contributed by atoms with Gasteiger partial charge in [0.05, 0.1) is 23.7 Å². The van der Waals surface area contributed by atoms with E-state index < -0.39 is 10.0 Å². The highest BCUT2D eigenvalue weighted by atomic mass is 32.2. The largest absolute Gasteiger partial charge is 0.395 e. The number of anilines is 1. The van der Waals surface area contributed by atoms with Crippen molar-refractivity contribution in [2.24, 2.45) is 5.92 Å². The molecule has 6 nitrogen and oxygen atoms in total. The first-order valence-corrected chi connectivity index (χ1v) is 12.6. The smallest absolute Gasteiger partial charge is 0.264 e. The number of fused-ring (bicyclic) bond motifs is 3. The van der Waals surface area contributed by atoms with Gasteiger partial charge < -0.3 is 9.84 Å². The summed E-state index contributed by atoms with van der Waals surface area (Å²) < 4.78 is 34.4. The Hall–Kier alpha value is -1.93. The summed E-state index contributed by atoms with van der Waals surface area (Å²) in [6, 6.07) is 15.0. The summed E-state index contributed by atoms with van der Waals surface area (Å²) in [5, 5.41) is 10.2. The minimum atomic E-state index is -3.68. The number of ether oxygens (including phenoxy) is 1. The average Bonchev–Trinajstić information content (AvgIpc) is 2.78. The summed E-state index contributed by atoms with van der Waals surface area (Å²) in [5.41, 5.74) is 2.70. The van der Waals surface area contributed by atoms with Gasteiger partial charge in [-0.3, -0.25) is 9.21 Å². The van der Waals surface area contributed by atoms with Gasteiger partial charge in [-0.25, -0.2) is 8.42 Å². The fourth-order valence-corrected chi connectivity index (χ4v) is 7.17. The molecule has 0 unspecified atom stereocenters. The van der Waals surface area contributed by atoms with E-state index in [1.807, 2.05) is 37.3 Å². The first-order valence-electron chi connectivity index (χ1n) is 11.1. The number of hydrogen-bond donors (Lipinski definition) is 1. The van der Waals surface area contributed by atoms with E-state index in [4.69, 9.17) is 4.74 Å². The zero-order chi connectivity index (χ0) is 21.6. The normalized spacial score (nSPS) is 26.8. The van der Waals surface area contributed by atoms with Gasteiger partial charge in [0.1, 0.15) is 0 Å². The Kier molecular flexibility index (Phi) is 5.54. The molecule has 3 aliphatic rings. The van der Waals surface area contributed by atoms with Crippen LogP contribution in [0.15, 0.2) is 53.4 Å². The van der Waals surface area contributed by atoms with Crippen molar-refractivity contribution in [3.05, 3.63) is 59.7 Å². The van der Waals surface area contributed by atoms with Crippen LogP contribution >= 0.6 is 0 Å². The van der Waals surface area contributed by atoms with Gasteiger partial charge in [-0.05, 0) is 55.0 Å². The predicted octanol–water partition coefficient (Wildman–Crippen LogP) is 2.76. The van der Waals surface area contributed by atoms with Crippen molar-refractivity contribution in [2.75, 3.05) is 37.2 Å². The lowest BCUT2D eigenvalue weighted by molar-refractivity contribution is -0.0616. The highest BCUT2D eigenvalue weighted by Gasteiger charge is 2.54. The third-order valence-electron chi connectivity index (χ3n) is 7.17. The third kappa shape index (κ3) is 3.57. The lowest BCUT2D eigenvalue weighted by Gasteiger charge is -2.59. The standard InChI is InChI=1S/C24H30N2O4S/c1-17-5-4-6-19(13-17)31(28,29)26-15-22-24(20-7-2-3-8-21(20)26)23(16-27)25(22)14-18-9-11-30-12-10-18/h2-8,13,18,22-24,27H,9-12,14-16H2,1H3/t22-,23-,24-/m0/s1. The molecule has 3 atom stereocenters. The van der Waals surface area contributed by atoms with E-state index in [1.165, 1.54) is 0 Å². The molecule has 0 radical (unpaired) electrons. The Morgan fingerprint density at radius 2 is 1.87 bits per heavy atom. The molecule has 2 aromatic carbocycles. The molecule has 3 heterocycles. The fraction of sp³-hybridized carbons (Fsp3) is 0.500. The number of benzene rings is 2. The molecule has 3 aliphatic heterocycles. The lowest BCUT2D eigenvalue weighted by Crippen LogP contribution is -2.69. The maximum absolute atomic E-state index is 13.7. The van der Waals surface area contributed by atoms with Crippen LogP contribution in [0.4, 0.5) is 5.69 Å². The molecule has 0 bridgehead atoms. The molecule has 7 heteroatoms. The van der Waals surface area contributed by atoms with Crippen LogP contribution in [0.2, 0.25) is 0 Å². The van der Waals surface area contributed by atoms with Crippen LogP contribution in [-0.4, -0.2) is 63.4 Å². The van der Waals surface area contributed by atoms with Gasteiger partial charge >= 0.3 is 0 Å². The predicted molar refractivity (Wildman–Crippen MR) is 120 cm³/mol. The zero-order valence-electron chi connectivity index (χ0n) is 17.9. The summed E-state index contributed by atoms with van der Waals surface area (Å²) in [6.07, 6.45) is 2.04. The summed E-state index contributed by atoms with van der Waals surface area (Å²) in [5.74, 6) is 0.688. The monoisotopic (exact) mass is 442 g/mol. The van der Waals surface area contributed by atoms with Gasteiger partial charge in [0.25, 0.3) is 10.0 Å². The molecule has 31 heavy (non-hydrogen) atoms. The van der Waals surface area contributed by atoms with E-state index in [0.29, 0.717) is 17.4 Å². The summed E-state index contributed by atoms with van der Waals surface area (Å²) in [7, 11) is -3.68. The quantitative estimate of drug-likeness (QED) is 0.771. The molecule has 0 amide bonds. The minimum absolute atomic E-state index is 0.0396. The Morgan fingerprint density at radius 1 is 1.10 bits per heavy atom. The number of sulfonamides is 1. The van der Waals surface area contributed by atoms with Gasteiger partial charge in [0, 0.05) is 37.8 Å². The van der Waals surface area contributed by atoms with Crippen molar-refractivity contribution < 1.29 is 18.3 Å². The molecule has 1 N–H and O–H groups in total. The highest BCUT2D eigenvalue weighted by molar-refractivity contribution is 7.92. The van der Waals surface area contributed by atoms with E-state index >= 15 is 0 Å². The van der Waals surface area contributed by atoms with E-state index in [-0.39, 0.29) is 24.6 Å². The second-order valence-electron chi connectivity index (χ2n) is 9.01. The lowest BCUT2D eigenvalue weighted by atomic mass is 9.72. The Morgan fingerprint density at radius 3 is 2.61 bits per heavy atom. The van der Waals surface area contributed by atoms with Crippen LogP contribution in [0.3, 0.4) is 0 Å². The van der Waals surface area contributed by atoms with Gasteiger partial charge in [-0.2, -0.15) is 0 Å². The molecule has 0 aliphatic carbocycles. The van der Waals surface area contributed by atoms with Crippen LogP contribution in [0.5, 0.6) is 0 Å². The second-order valence-corrected chi connectivity index (χ2v) is 10.9. The molecule has 0 spiro atoms. The van der Waals surface area contributed by atoms with Gasteiger partial charge in [-0.15, -0.1) is 0 Å². The van der Waals surface area contributed by atoms with Crippen LogP contribution in [-0.2, 0) is 14.8 Å². The molecule has 166 valence electrons. The summed E-state index contributed by atoms with van der Waals surface area (Å²) in [4.78, 5) is 2.67. The Labute approximate surface area is 184 Å². The first kappa shape index (κ1) is 20.9. The molecule has 2 aromatic rings. The number of nitrogens with zero attached hydrogens (tertiary/aromatic N) is 2. The van der Waals surface area contributed by atoms with Crippen molar-refractivity contribution in [3.63, 3.8) is 0 Å². The SMILES string of the molecule is Cc1cccc(S(=O)(=O)N2C[C@H]3[C@H](c4ccccc42)[C@H](CO)N3CC2CCOCC2)c1. The van der Waals surface area contributed by atoms with E-state index in [1.54, 1.807) is 22.5 Å². The number of likely N-dealkylation sites (tertiary alicyclic amines) is 1. The third-order valence-corrected chi connectivity index (χ3v) is 8.95. The van der Waals surface area contributed by atoms with Gasteiger partial charge in [0.15, 0.2) is 0 Å². The van der Waals surface area contributed by atoms with Crippen molar-refractivity contribution in [3.8, 4) is 0 Å². The Bertz CT molecular complexity index is 1050. The Balaban J connectivity index is 1.50. The van der Waals surface area contributed by atoms with Crippen molar-refractivity contribution in [1.82, 2.24) is 4.90 Å². The number of rotatable bonds is 5. The molecule has 2 saturated heterocycles. The van der Waals surface area contributed by atoms with E-state index in [0.717, 1.165) is 49.4 Å². The van der Waals surface area contributed by atoms with E-state index in [9.17, 15) is 13.5 Å². The number of aliphatic hydroxyl groups excluding tert-OH is 1. The second kappa shape index (κ2) is 8.20. The summed E-state index contributed by atoms with van der Waals surface area (Å²) >= 11 is 0. The maximum Gasteiger partial charge on any atom is 0.264 e. The number of aliphatic hydroxyl groups is 1. The average molecular weight is 443 g/mol. The van der Waals surface area contributed by atoms with Crippen LogP contribution < -0.4 is 4.31 Å². The fourth-order valence-electron chi connectivity index (χ4n) is 5.56. The van der Waals surface area contributed by atoms with Crippen molar-refractivity contribution in [2.45, 2.75) is 42.7 Å². The molecular formula is C24H30N2O4S. The topological polar surface area (TPSA) is 70.1 Å². The molecule has 2 fully saturated rings. The van der Waals surface area contributed by atoms with Crippen molar-refractivity contribution in [1.29, 1.82) is 0 Å². The zero-order valence-corrected chi connectivity index (χ0v) is 18.7. The van der Waals surface area contributed by atoms with Crippen LogP contribution in [0, 0.1) is 12.8 Å². The number of hydrogen-bond acceptors (Lipinski definition) is 5. The van der Waals surface area contributed by atoms with E-state index in [2.05, 4.69) is 4.90 Å². The van der Waals surface area contributed by atoms with Crippen LogP contribution in [0.1, 0.15) is 29.9 Å². The highest BCUT2D eigenvalue weighted by Crippen LogP contribution is 2.49. The summed E-state index contributed by atoms with van der Waals surface area (Å²) in [6.45, 7) is 4.87. The maximum atomic E-state index is 13.7. The van der Waals surface area contributed by atoms with Crippen molar-refractivity contribution >= 4 is 15.7 Å².